The first kappa shape index (κ1) is 6.72. The Hall–Kier alpha value is -1.40. The van der Waals surface area contributed by atoms with Crippen molar-refractivity contribution >= 4 is 0 Å². The molecule has 3 heteroatoms. The summed E-state index contributed by atoms with van der Waals surface area (Å²) in [5.41, 5.74) is 0.580. The third-order valence-corrected chi connectivity index (χ3v) is 0.859. The van der Waals surface area contributed by atoms with E-state index in [4.69, 9.17) is 5.11 Å². The highest BCUT2D eigenvalue weighted by molar-refractivity contribution is 5.23. The Morgan fingerprint density at radius 1 is 1.50 bits per heavy atom. The van der Waals surface area contributed by atoms with Gasteiger partial charge in [-0.05, 0) is 5.92 Å². The van der Waals surface area contributed by atoms with E-state index in [-0.39, 0.29) is 6.61 Å². The zero-order valence-electron chi connectivity index (χ0n) is 5.28. The maximum Gasteiger partial charge on any atom is 0.131 e. The average molecular weight is 134 g/mol. The molecule has 0 radical (unpaired) electrons. The number of aliphatic hydroxyl groups is 1. The predicted molar refractivity (Wildman–Crippen MR) is 36.0 cm³/mol. The lowest BCUT2D eigenvalue weighted by atomic mass is 10.4. The first-order chi connectivity index (χ1) is 4.93. The Labute approximate surface area is 58.8 Å². The van der Waals surface area contributed by atoms with Crippen LogP contribution in [0.25, 0.3) is 0 Å². The molecule has 0 atom stereocenters. The highest BCUT2D eigenvalue weighted by Gasteiger charge is 1.81. The summed E-state index contributed by atoms with van der Waals surface area (Å²) in [5.74, 6) is 5.09. The molecule has 0 saturated heterocycles. The van der Waals surface area contributed by atoms with Gasteiger partial charge in [-0.3, -0.25) is 4.98 Å². The number of nitrogens with zero attached hydrogens (tertiary/aromatic N) is 2. The smallest absolute Gasteiger partial charge is 0.131 e. The van der Waals surface area contributed by atoms with Gasteiger partial charge in [-0.25, -0.2) is 4.98 Å². The van der Waals surface area contributed by atoms with Crippen molar-refractivity contribution in [2.24, 2.45) is 0 Å². The normalized spacial score (nSPS) is 8.10. The van der Waals surface area contributed by atoms with Gasteiger partial charge in [-0.2, -0.15) is 0 Å². The minimum Gasteiger partial charge on any atom is -0.384 e. The van der Waals surface area contributed by atoms with Gasteiger partial charge in [0.1, 0.15) is 12.3 Å². The van der Waals surface area contributed by atoms with Gasteiger partial charge in [-0.1, -0.05) is 5.92 Å². The fourth-order valence-corrected chi connectivity index (χ4v) is 0.494. The summed E-state index contributed by atoms with van der Waals surface area (Å²) in [6, 6.07) is 0. The molecule has 3 nitrogen and oxygen atoms in total. The Balaban J connectivity index is 2.76. The van der Waals surface area contributed by atoms with Crippen LogP contribution in [0.1, 0.15) is 5.69 Å². The number of hydrogen-bond donors (Lipinski definition) is 1. The van der Waals surface area contributed by atoms with Gasteiger partial charge in [0, 0.05) is 12.4 Å². The van der Waals surface area contributed by atoms with E-state index in [0.29, 0.717) is 5.69 Å². The average Bonchev–Trinajstić information content (AvgIpc) is 2.03. The van der Waals surface area contributed by atoms with Gasteiger partial charge < -0.3 is 5.11 Å². The molecular weight excluding hydrogens is 128 g/mol. The van der Waals surface area contributed by atoms with Crippen molar-refractivity contribution in [2.75, 3.05) is 6.61 Å². The van der Waals surface area contributed by atoms with Crippen LogP contribution in [-0.2, 0) is 0 Å². The van der Waals surface area contributed by atoms with Crippen LogP contribution in [0.4, 0.5) is 0 Å². The molecule has 0 bridgehead atoms. The van der Waals surface area contributed by atoms with Crippen LogP contribution in [0.15, 0.2) is 18.6 Å². The van der Waals surface area contributed by atoms with Crippen LogP contribution in [0.3, 0.4) is 0 Å². The van der Waals surface area contributed by atoms with Crippen molar-refractivity contribution in [1.82, 2.24) is 9.97 Å². The molecule has 50 valence electrons. The molecule has 0 spiro atoms. The Morgan fingerprint density at radius 3 is 3.00 bits per heavy atom. The Morgan fingerprint density at radius 2 is 2.40 bits per heavy atom. The summed E-state index contributed by atoms with van der Waals surface area (Å²) in [6.45, 7) is -0.142. The third-order valence-electron chi connectivity index (χ3n) is 0.859. The fourth-order valence-electron chi connectivity index (χ4n) is 0.494. The molecule has 0 aliphatic heterocycles. The van der Waals surface area contributed by atoms with Crippen LogP contribution in [-0.4, -0.2) is 21.7 Å². The summed E-state index contributed by atoms with van der Waals surface area (Å²) in [4.78, 5) is 7.66. The summed E-state index contributed by atoms with van der Waals surface area (Å²) < 4.78 is 0. The van der Waals surface area contributed by atoms with Gasteiger partial charge in [0.15, 0.2) is 0 Å². The monoisotopic (exact) mass is 134 g/mol. The zero-order valence-corrected chi connectivity index (χ0v) is 5.28. The second kappa shape index (κ2) is 3.59. The quantitative estimate of drug-likeness (QED) is 0.501. The molecule has 1 aromatic rings. The van der Waals surface area contributed by atoms with Crippen molar-refractivity contribution in [1.29, 1.82) is 0 Å². The lowest BCUT2D eigenvalue weighted by Gasteiger charge is -1.83. The second-order valence-electron chi connectivity index (χ2n) is 1.55. The number of aliphatic hydroxyl groups excluding tert-OH is 1. The maximum atomic E-state index is 8.31. The number of aromatic nitrogens is 2. The van der Waals surface area contributed by atoms with Crippen molar-refractivity contribution in [3.05, 3.63) is 24.3 Å². The number of rotatable bonds is 0. The van der Waals surface area contributed by atoms with E-state index in [1.807, 2.05) is 0 Å². The van der Waals surface area contributed by atoms with Crippen LogP contribution >= 0.6 is 0 Å². The minimum atomic E-state index is -0.142. The van der Waals surface area contributed by atoms with Crippen molar-refractivity contribution < 1.29 is 5.11 Å². The van der Waals surface area contributed by atoms with Gasteiger partial charge in [0.05, 0.1) is 6.20 Å². The van der Waals surface area contributed by atoms with Crippen molar-refractivity contribution in [2.45, 2.75) is 0 Å². The fraction of sp³-hybridized carbons (Fsp3) is 0.143. The first-order valence-electron chi connectivity index (χ1n) is 2.79. The first-order valence-corrected chi connectivity index (χ1v) is 2.79. The summed E-state index contributed by atoms with van der Waals surface area (Å²) in [5, 5.41) is 8.31. The summed E-state index contributed by atoms with van der Waals surface area (Å²) >= 11 is 0. The topological polar surface area (TPSA) is 46.0 Å². The van der Waals surface area contributed by atoms with E-state index >= 15 is 0 Å². The highest BCUT2D eigenvalue weighted by atomic mass is 16.2. The second-order valence-corrected chi connectivity index (χ2v) is 1.55. The van der Waals surface area contributed by atoms with E-state index in [0.717, 1.165) is 0 Å². The summed E-state index contributed by atoms with van der Waals surface area (Å²) in [6.07, 6.45) is 4.67. The predicted octanol–water partition coefficient (Wildman–Crippen LogP) is -0.180. The molecule has 0 aliphatic carbocycles. The van der Waals surface area contributed by atoms with Gasteiger partial charge in [0.25, 0.3) is 0 Å². The molecule has 10 heavy (non-hydrogen) atoms. The Kier molecular flexibility index (Phi) is 2.41. The van der Waals surface area contributed by atoms with Crippen LogP contribution < -0.4 is 0 Å². The lowest BCUT2D eigenvalue weighted by Crippen LogP contribution is -1.82. The molecule has 0 aliphatic rings. The van der Waals surface area contributed by atoms with Crippen molar-refractivity contribution in [3.8, 4) is 11.8 Å². The zero-order chi connectivity index (χ0) is 7.23. The van der Waals surface area contributed by atoms with Gasteiger partial charge in [0.2, 0.25) is 0 Å². The SMILES string of the molecule is OCC#Cc1cnccn1. The highest BCUT2D eigenvalue weighted by Crippen LogP contribution is 1.83. The molecule has 1 rings (SSSR count). The molecule has 0 amide bonds. The van der Waals surface area contributed by atoms with E-state index in [2.05, 4.69) is 21.8 Å². The minimum absolute atomic E-state index is 0.142. The molecule has 1 aromatic heterocycles. The van der Waals surface area contributed by atoms with Crippen LogP contribution in [0.5, 0.6) is 0 Å². The molecular formula is C7H6N2O. The standard InChI is InChI=1S/C7H6N2O/c10-5-1-2-7-6-8-3-4-9-7/h3-4,6,10H,5H2. The Bertz CT molecular complexity index is 247. The van der Waals surface area contributed by atoms with E-state index in [1.165, 1.54) is 0 Å². The molecule has 0 aromatic carbocycles. The maximum absolute atomic E-state index is 8.31. The largest absolute Gasteiger partial charge is 0.384 e. The van der Waals surface area contributed by atoms with Gasteiger partial charge in [-0.15, -0.1) is 0 Å². The van der Waals surface area contributed by atoms with E-state index < -0.39 is 0 Å². The van der Waals surface area contributed by atoms with Crippen LogP contribution in [0.2, 0.25) is 0 Å². The molecule has 1 N–H and O–H groups in total. The van der Waals surface area contributed by atoms with Crippen LogP contribution in [0, 0.1) is 11.8 Å². The van der Waals surface area contributed by atoms with Gasteiger partial charge >= 0.3 is 0 Å². The van der Waals surface area contributed by atoms with E-state index in [9.17, 15) is 0 Å². The van der Waals surface area contributed by atoms with E-state index in [1.54, 1.807) is 18.6 Å². The molecule has 0 saturated carbocycles. The molecule has 1 heterocycles. The summed E-state index contributed by atoms with van der Waals surface area (Å²) in [7, 11) is 0. The van der Waals surface area contributed by atoms with Crippen molar-refractivity contribution in [3.63, 3.8) is 0 Å². The molecule has 0 fully saturated rings. The lowest BCUT2D eigenvalue weighted by molar-refractivity contribution is 0.350. The molecule has 0 unspecified atom stereocenters. The third kappa shape index (κ3) is 1.84. The number of hydrogen-bond acceptors (Lipinski definition) is 3.